The molecule has 0 aliphatic rings. The summed E-state index contributed by atoms with van der Waals surface area (Å²) < 4.78 is 32.3. The Hall–Kier alpha value is -1.64. The van der Waals surface area contributed by atoms with Gasteiger partial charge in [0.05, 0.1) is 12.6 Å². The van der Waals surface area contributed by atoms with Crippen LogP contribution in [0.25, 0.3) is 0 Å². The molecule has 0 aliphatic carbocycles. The lowest BCUT2D eigenvalue weighted by Crippen LogP contribution is -2.27. The highest BCUT2D eigenvalue weighted by Gasteiger charge is 2.23. The van der Waals surface area contributed by atoms with Gasteiger partial charge in [0.2, 0.25) is 5.09 Å². The zero-order valence-electron chi connectivity index (χ0n) is 12.3. The van der Waals surface area contributed by atoms with E-state index in [4.69, 9.17) is 4.42 Å². The summed E-state index contributed by atoms with van der Waals surface area (Å²) in [6.07, 6.45) is 3.21. The van der Waals surface area contributed by atoms with Crippen LogP contribution in [0.15, 0.2) is 34.0 Å². The number of aromatic amines is 1. The Labute approximate surface area is 124 Å². The highest BCUT2D eigenvalue weighted by atomic mass is 32.2. The molecule has 3 N–H and O–H groups in total. The summed E-state index contributed by atoms with van der Waals surface area (Å²) in [5.41, 5.74) is 0. The molecule has 1 unspecified atom stereocenters. The van der Waals surface area contributed by atoms with Gasteiger partial charge in [-0.25, -0.2) is 13.4 Å². The normalized spacial score (nSPS) is 13.7. The molecule has 21 heavy (non-hydrogen) atoms. The number of nitrogens with one attached hydrogen (secondary N) is 3. The van der Waals surface area contributed by atoms with Crippen molar-refractivity contribution >= 4 is 10.0 Å². The highest BCUT2D eigenvalue weighted by Crippen LogP contribution is 2.17. The van der Waals surface area contributed by atoms with Crippen LogP contribution in [0.4, 0.5) is 0 Å². The van der Waals surface area contributed by atoms with Crippen molar-refractivity contribution < 1.29 is 12.8 Å². The van der Waals surface area contributed by atoms with Gasteiger partial charge in [-0.3, -0.25) is 0 Å². The average Bonchev–Trinajstić information content (AvgIpc) is 3.07. The summed E-state index contributed by atoms with van der Waals surface area (Å²) in [4.78, 5) is 6.90. The van der Waals surface area contributed by atoms with Crippen LogP contribution in [0.1, 0.15) is 38.4 Å². The third kappa shape index (κ3) is 4.16. The first-order valence-electron chi connectivity index (χ1n) is 6.72. The molecule has 0 saturated heterocycles. The molecule has 2 heterocycles. The first-order valence-corrected chi connectivity index (χ1v) is 8.20. The van der Waals surface area contributed by atoms with E-state index in [1.807, 2.05) is 13.8 Å². The predicted molar refractivity (Wildman–Crippen MR) is 78.0 cm³/mol. The highest BCUT2D eigenvalue weighted by molar-refractivity contribution is 7.89. The molecule has 0 bridgehead atoms. The van der Waals surface area contributed by atoms with Gasteiger partial charge < -0.3 is 14.7 Å². The van der Waals surface area contributed by atoms with E-state index < -0.39 is 16.1 Å². The molecule has 0 amide bonds. The molecule has 0 spiro atoms. The zero-order chi connectivity index (χ0) is 15.5. The first kappa shape index (κ1) is 15.7. The zero-order valence-corrected chi connectivity index (χ0v) is 13.1. The number of hydrogen-bond donors (Lipinski definition) is 3. The molecular formula is C13H20N4O3S. The Bertz CT molecular complexity index is 661. The van der Waals surface area contributed by atoms with Gasteiger partial charge in [0.25, 0.3) is 10.0 Å². The third-order valence-electron chi connectivity index (χ3n) is 2.85. The lowest BCUT2D eigenvalue weighted by atomic mass is 10.3. The topological polar surface area (TPSA) is 100 Å². The summed E-state index contributed by atoms with van der Waals surface area (Å²) in [6, 6.07) is 2.94. The number of sulfonamides is 1. The van der Waals surface area contributed by atoms with E-state index in [0.717, 1.165) is 0 Å². The van der Waals surface area contributed by atoms with Gasteiger partial charge in [0.1, 0.15) is 11.6 Å². The summed E-state index contributed by atoms with van der Waals surface area (Å²) in [7, 11) is -3.71. The predicted octanol–water partition coefficient (Wildman–Crippen LogP) is 1.54. The largest absolute Gasteiger partial charge is 0.447 e. The second-order valence-corrected chi connectivity index (χ2v) is 6.72. The number of hydrogen-bond acceptors (Lipinski definition) is 5. The number of rotatable bonds is 7. The monoisotopic (exact) mass is 312 g/mol. The SMILES string of the molecule is CC(C)NCc1ccc(S(=O)(=O)NC(C)c2ncc[nH]2)o1. The summed E-state index contributed by atoms with van der Waals surface area (Å²) in [6.45, 7) is 6.21. The Morgan fingerprint density at radius 3 is 2.71 bits per heavy atom. The lowest BCUT2D eigenvalue weighted by molar-refractivity contribution is 0.391. The van der Waals surface area contributed by atoms with E-state index in [0.29, 0.717) is 24.2 Å². The molecule has 0 aliphatic heterocycles. The average molecular weight is 312 g/mol. The number of nitrogens with zero attached hydrogens (tertiary/aromatic N) is 1. The summed E-state index contributed by atoms with van der Waals surface area (Å²) >= 11 is 0. The van der Waals surface area contributed by atoms with Gasteiger partial charge in [0, 0.05) is 18.4 Å². The molecular weight excluding hydrogens is 292 g/mol. The van der Waals surface area contributed by atoms with E-state index in [1.165, 1.54) is 6.07 Å². The van der Waals surface area contributed by atoms with Gasteiger partial charge in [-0.1, -0.05) is 13.8 Å². The van der Waals surface area contributed by atoms with E-state index in [2.05, 4.69) is 20.0 Å². The van der Waals surface area contributed by atoms with Crippen LogP contribution in [-0.4, -0.2) is 24.4 Å². The molecule has 0 saturated carbocycles. The van der Waals surface area contributed by atoms with E-state index >= 15 is 0 Å². The van der Waals surface area contributed by atoms with Gasteiger partial charge in [0.15, 0.2) is 0 Å². The molecule has 2 rings (SSSR count). The van der Waals surface area contributed by atoms with Crippen molar-refractivity contribution in [3.8, 4) is 0 Å². The maximum Gasteiger partial charge on any atom is 0.274 e. The fourth-order valence-corrected chi connectivity index (χ4v) is 2.92. The minimum atomic E-state index is -3.71. The summed E-state index contributed by atoms with van der Waals surface area (Å²) in [5.74, 6) is 1.13. The van der Waals surface area contributed by atoms with Crippen LogP contribution in [0.3, 0.4) is 0 Å². The second kappa shape index (κ2) is 6.42. The van der Waals surface area contributed by atoms with Crippen LogP contribution < -0.4 is 10.0 Å². The lowest BCUT2D eigenvalue weighted by Gasteiger charge is -2.10. The fraction of sp³-hybridized carbons (Fsp3) is 0.462. The Kier molecular flexibility index (Phi) is 4.81. The Morgan fingerprint density at radius 1 is 1.33 bits per heavy atom. The van der Waals surface area contributed by atoms with Crippen molar-refractivity contribution in [3.05, 3.63) is 36.1 Å². The molecule has 7 nitrogen and oxygen atoms in total. The standard InChI is InChI=1S/C13H20N4O3S/c1-9(2)16-8-11-4-5-12(20-11)21(18,19)17-10(3)13-14-6-7-15-13/h4-7,9-10,16-17H,8H2,1-3H3,(H,14,15). The molecule has 0 aromatic carbocycles. The van der Waals surface area contributed by atoms with Crippen molar-refractivity contribution in [1.29, 1.82) is 0 Å². The van der Waals surface area contributed by atoms with Crippen LogP contribution in [0, 0.1) is 0 Å². The smallest absolute Gasteiger partial charge is 0.274 e. The van der Waals surface area contributed by atoms with Crippen LogP contribution in [0.2, 0.25) is 0 Å². The van der Waals surface area contributed by atoms with Crippen molar-refractivity contribution in [1.82, 2.24) is 20.0 Å². The minimum Gasteiger partial charge on any atom is -0.447 e. The van der Waals surface area contributed by atoms with Gasteiger partial charge in [-0.2, -0.15) is 4.72 Å². The maximum absolute atomic E-state index is 12.2. The molecule has 1 atom stereocenters. The molecule has 0 fully saturated rings. The molecule has 0 radical (unpaired) electrons. The van der Waals surface area contributed by atoms with Crippen molar-refractivity contribution in [2.45, 2.75) is 44.5 Å². The van der Waals surface area contributed by atoms with Crippen LogP contribution in [-0.2, 0) is 16.6 Å². The van der Waals surface area contributed by atoms with Crippen LogP contribution >= 0.6 is 0 Å². The maximum atomic E-state index is 12.2. The molecule has 2 aromatic rings. The number of aromatic nitrogens is 2. The van der Waals surface area contributed by atoms with Gasteiger partial charge in [-0.05, 0) is 19.1 Å². The van der Waals surface area contributed by atoms with E-state index in [9.17, 15) is 8.42 Å². The van der Waals surface area contributed by atoms with Gasteiger partial charge >= 0.3 is 0 Å². The first-order chi connectivity index (χ1) is 9.88. The Balaban J connectivity index is 2.05. The fourth-order valence-electron chi connectivity index (χ4n) is 1.76. The second-order valence-electron chi connectivity index (χ2n) is 5.07. The molecule has 116 valence electrons. The van der Waals surface area contributed by atoms with Crippen molar-refractivity contribution in [2.24, 2.45) is 0 Å². The third-order valence-corrected chi connectivity index (χ3v) is 4.26. The molecule has 2 aromatic heterocycles. The minimum absolute atomic E-state index is 0.0959. The van der Waals surface area contributed by atoms with E-state index in [1.54, 1.807) is 25.4 Å². The van der Waals surface area contributed by atoms with Crippen LogP contribution in [0.5, 0.6) is 0 Å². The van der Waals surface area contributed by atoms with Crippen molar-refractivity contribution in [2.75, 3.05) is 0 Å². The number of H-pyrrole nitrogens is 1. The van der Waals surface area contributed by atoms with Gasteiger partial charge in [-0.15, -0.1) is 0 Å². The molecule has 8 heteroatoms. The number of furan rings is 1. The summed E-state index contributed by atoms with van der Waals surface area (Å²) in [5, 5.41) is 3.07. The number of imidazole rings is 1. The Morgan fingerprint density at radius 2 is 2.10 bits per heavy atom. The van der Waals surface area contributed by atoms with E-state index in [-0.39, 0.29) is 5.09 Å². The van der Waals surface area contributed by atoms with Crippen molar-refractivity contribution in [3.63, 3.8) is 0 Å². The quantitative estimate of drug-likeness (QED) is 0.720.